The lowest BCUT2D eigenvalue weighted by Crippen LogP contribution is -2.67. The summed E-state index contributed by atoms with van der Waals surface area (Å²) in [5.74, 6) is 0.409. The van der Waals surface area contributed by atoms with Crippen molar-refractivity contribution in [3.63, 3.8) is 0 Å². The summed E-state index contributed by atoms with van der Waals surface area (Å²) in [5, 5.41) is 2.02. The van der Waals surface area contributed by atoms with Gasteiger partial charge < -0.3 is 13.6 Å². The van der Waals surface area contributed by atoms with Crippen LogP contribution in [0.4, 0.5) is 0 Å². The number of carbonyl (C=O) groups is 2. The number of hydrogen-bond acceptors (Lipinski definition) is 5. The van der Waals surface area contributed by atoms with Crippen LogP contribution >= 0.6 is 0 Å². The Morgan fingerprint density at radius 3 is 2.04 bits per heavy atom. The summed E-state index contributed by atoms with van der Waals surface area (Å²) in [4.78, 5) is 28.4. The first kappa shape index (κ1) is 36.2. The average Bonchev–Trinajstić information content (AvgIpc) is 3.39. The molecule has 3 aliphatic rings. The van der Waals surface area contributed by atoms with Crippen molar-refractivity contribution in [1.29, 1.82) is 0 Å². The first-order valence-electron chi connectivity index (χ1n) is 18.2. The maximum absolute atomic E-state index is 14.3. The van der Waals surface area contributed by atoms with Gasteiger partial charge in [-0.15, -0.1) is 0 Å². The average molecular weight is 677 g/mol. The van der Waals surface area contributed by atoms with E-state index in [2.05, 4.69) is 117 Å². The topological polar surface area (TPSA) is 61.8 Å². The Labute approximate surface area is 287 Å². The number of benzene rings is 2. The summed E-state index contributed by atoms with van der Waals surface area (Å²) in [5.41, 5.74) is -0.772. The smallest absolute Gasteiger partial charge is 0.331 e. The Morgan fingerprint density at radius 1 is 0.957 bits per heavy atom. The molecule has 3 saturated carbocycles. The van der Waals surface area contributed by atoms with E-state index in [-0.39, 0.29) is 52.3 Å². The molecule has 2 aromatic carbocycles. The van der Waals surface area contributed by atoms with E-state index in [0.717, 1.165) is 36.1 Å². The van der Waals surface area contributed by atoms with Gasteiger partial charge in [-0.3, -0.25) is 4.79 Å². The van der Waals surface area contributed by atoms with Gasteiger partial charge in [-0.2, -0.15) is 0 Å². The van der Waals surface area contributed by atoms with Gasteiger partial charge in [-0.25, -0.2) is 4.79 Å². The summed E-state index contributed by atoms with van der Waals surface area (Å²) in [6.45, 7) is 22.6. The van der Waals surface area contributed by atoms with Crippen molar-refractivity contribution in [2.45, 2.75) is 124 Å². The molecular formula is C40H60O5Si2. The van der Waals surface area contributed by atoms with Crippen molar-refractivity contribution in [3.8, 4) is 0 Å². The molecule has 0 amide bonds. The second-order valence-corrected chi connectivity index (χ2v) is 23.6. The number of carbonyl (C=O) groups excluding carboxylic acids is 2. The number of rotatable bonds is 9. The zero-order valence-corrected chi connectivity index (χ0v) is 32.9. The van der Waals surface area contributed by atoms with Crippen molar-refractivity contribution in [2.24, 2.45) is 34.0 Å². The Bertz CT molecular complexity index is 1370. The monoisotopic (exact) mass is 676 g/mol. The minimum absolute atomic E-state index is 0.0279. The Kier molecular flexibility index (Phi) is 10.3. The van der Waals surface area contributed by atoms with E-state index in [0.29, 0.717) is 18.6 Å². The second kappa shape index (κ2) is 13.3. The molecule has 7 heteroatoms. The highest BCUT2D eigenvalue weighted by Crippen LogP contribution is 2.68. The third-order valence-electron chi connectivity index (χ3n) is 13.2. The summed E-state index contributed by atoms with van der Waals surface area (Å²) in [6, 6.07) is 20.9. The summed E-state index contributed by atoms with van der Waals surface area (Å²) < 4.78 is 20.8. The zero-order valence-electron chi connectivity index (χ0n) is 30.7. The molecule has 0 aliphatic heterocycles. The lowest BCUT2D eigenvalue weighted by atomic mass is 9.43. The Hall–Kier alpha value is -2.07. The molecule has 2 bridgehead atoms. The predicted molar refractivity (Wildman–Crippen MR) is 196 cm³/mol. The third kappa shape index (κ3) is 6.06. The third-order valence-corrected chi connectivity index (χ3v) is 19.0. The summed E-state index contributed by atoms with van der Waals surface area (Å²) >= 11 is 0. The highest BCUT2D eigenvalue weighted by molar-refractivity contribution is 6.99. The molecule has 1 unspecified atom stereocenters. The maximum atomic E-state index is 14.3. The van der Waals surface area contributed by atoms with Gasteiger partial charge in [-0.05, 0) is 83.3 Å². The van der Waals surface area contributed by atoms with E-state index in [1.807, 2.05) is 12.1 Å². The van der Waals surface area contributed by atoms with E-state index in [9.17, 15) is 9.59 Å². The number of hydrogen-bond donors (Lipinski definition) is 0. The lowest BCUT2D eigenvalue weighted by molar-refractivity contribution is -0.210. The molecule has 5 rings (SSSR count). The van der Waals surface area contributed by atoms with E-state index < -0.39 is 28.9 Å². The van der Waals surface area contributed by atoms with Gasteiger partial charge in [-0.1, -0.05) is 116 Å². The van der Waals surface area contributed by atoms with Crippen LogP contribution in [0.1, 0.15) is 93.9 Å². The molecule has 0 radical (unpaired) electrons. The van der Waals surface area contributed by atoms with Crippen LogP contribution in [0.15, 0.2) is 60.7 Å². The zero-order chi connectivity index (χ0) is 34.4. The molecule has 0 aromatic heterocycles. The van der Waals surface area contributed by atoms with Crippen LogP contribution in [-0.4, -0.2) is 47.9 Å². The largest absolute Gasteiger partial charge is 0.460 e. The van der Waals surface area contributed by atoms with Gasteiger partial charge in [0, 0.05) is 17.8 Å². The van der Waals surface area contributed by atoms with E-state index in [1.165, 1.54) is 0 Å². The van der Waals surface area contributed by atoms with Crippen LogP contribution in [0.3, 0.4) is 0 Å². The van der Waals surface area contributed by atoms with Crippen molar-refractivity contribution < 1.29 is 23.2 Å². The van der Waals surface area contributed by atoms with Gasteiger partial charge in [0.25, 0.3) is 8.32 Å². The van der Waals surface area contributed by atoms with E-state index in [1.54, 1.807) is 0 Å². The van der Waals surface area contributed by atoms with Crippen molar-refractivity contribution in [1.82, 2.24) is 0 Å². The molecule has 0 N–H and O–H groups in total. The Balaban J connectivity index is 1.55. The van der Waals surface area contributed by atoms with Gasteiger partial charge in [0.2, 0.25) is 0 Å². The first-order chi connectivity index (χ1) is 22.1. The fourth-order valence-electron chi connectivity index (χ4n) is 10.4. The highest BCUT2D eigenvalue weighted by Gasteiger charge is 2.68. The van der Waals surface area contributed by atoms with Crippen molar-refractivity contribution in [3.05, 3.63) is 60.7 Å². The Morgan fingerprint density at radius 2 is 1.53 bits per heavy atom. The fourth-order valence-corrected chi connectivity index (χ4v) is 16.0. The molecular weight excluding hydrogens is 617 g/mol. The van der Waals surface area contributed by atoms with Crippen LogP contribution in [0.5, 0.6) is 0 Å². The van der Waals surface area contributed by atoms with Gasteiger partial charge in [0.05, 0.1) is 6.10 Å². The second-order valence-electron chi connectivity index (χ2n) is 17.0. The SMILES string of the molecule is CC[C@]1(C)C[C@@H](OC(=O)CO[Si](c2ccccc2)(c2ccccc2)C(C)(C)C)[C@@]2(C)C3C(=O)CC[C@]3(CC[C@H]2C)[C@@H](C)[C@@H]1O[SiH](C)C. The maximum Gasteiger partial charge on any atom is 0.331 e. The molecule has 8 atom stereocenters. The fraction of sp³-hybridized carbons (Fsp3) is 0.650. The summed E-state index contributed by atoms with van der Waals surface area (Å²) in [7, 11) is -4.33. The minimum atomic E-state index is -2.93. The van der Waals surface area contributed by atoms with Gasteiger partial charge >= 0.3 is 5.97 Å². The number of Topliss-reactive ketones (excluding diaryl/α,β-unsaturated/α-hetero) is 1. The summed E-state index contributed by atoms with van der Waals surface area (Å²) in [6.07, 6.45) is 4.84. The van der Waals surface area contributed by atoms with Crippen LogP contribution < -0.4 is 10.4 Å². The molecule has 0 saturated heterocycles. The van der Waals surface area contributed by atoms with Crippen LogP contribution in [-0.2, 0) is 23.2 Å². The molecule has 0 spiro atoms. The number of ketones is 1. The molecule has 3 fully saturated rings. The number of esters is 1. The molecule has 0 heterocycles. The molecule has 3 aliphatic carbocycles. The normalized spacial score (nSPS) is 34.4. The van der Waals surface area contributed by atoms with Crippen molar-refractivity contribution >= 4 is 39.5 Å². The molecule has 2 aromatic rings. The lowest BCUT2D eigenvalue weighted by Gasteiger charge is -2.63. The van der Waals surface area contributed by atoms with Gasteiger partial charge in [0.15, 0.2) is 9.04 Å². The van der Waals surface area contributed by atoms with Crippen LogP contribution in [0, 0.1) is 34.0 Å². The van der Waals surface area contributed by atoms with Gasteiger partial charge in [0.1, 0.15) is 18.5 Å². The predicted octanol–water partition coefficient (Wildman–Crippen LogP) is 7.70. The number of ether oxygens (including phenoxy) is 1. The molecule has 5 nitrogen and oxygen atoms in total. The van der Waals surface area contributed by atoms with Crippen molar-refractivity contribution in [2.75, 3.05) is 6.61 Å². The molecule has 47 heavy (non-hydrogen) atoms. The van der Waals surface area contributed by atoms with Crippen LogP contribution in [0.2, 0.25) is 18.1 Å². The van der Waals surface area contributed by atoms with E-state index in [4.69, 9.17) is 13.6 Å². The minimum Gasteiger partial charge on any atom is -0.460 e. The van der Waals surface area contributed by atoms with E-state index >= 15 is 0 Å². The first-order valence-corrected chi connectivity index (χ1v) is 22.9. The van der Waals surface area contributed by atoms with Crippen LogP contribution in [0.25, 0.3) is 0 Å². The quantitative estimate of drug-likeness (QED) is 0.201. The standard InChI is InChI=1S/C40H60O5Si2/c1-11-38(7)26-33(39(8)28(2)22-24-40(25-23-32(41)35(39)40)29(3)36(38)45-46(9)10)44-34(42)27-43-47(37(4,5)6,30-18-14-12-15-19-30)31-20-16-13-17-21-31/h12-21,28-29,33,35-36,46H,11,22-27H2,1-10H3/t28-,29+,33-,35?,36+,38-,39+,40-/m1/s1. The molecule has 258 valence electrons. The highest BCUT2D eigenvalue weighted by atomic mass is 28.4.